The largest absolute Gasteiger partial charge is 0.481 e. The van der Waals surface area contributed by atoms with Crippen molar-refractivity contribution < 1.29 is 9.90 Å². The molecule has 0 radical (unpaired) electrons. The predicted octanol–water partition coefficient (Wildman–Crippen LogP) is 1.97. The van der Waals surface area contributed by atoms with Crippen LogP contribution < -0.4 is 4.90 Å². The summed E-state index contributed by atoms with van der Waals surface area (Å²) in [6.45, 7) is 2.19. The van der Waals surface area contributed by atoms with E-state index in [4.69, 9.17) is 16.7 Å². The average molecular weight is 286 g/mol. The fraction of sp³-hybridized carbons (Fsp3) is 0.538. The molecule has 0 amide bonds. The summed E-state index contributed by atoms with van der Waals surface area (Å²) >= 11 is 5.81. The molecule has 0 fully saturated rings. The van der Waals surface area contributed by atoms with E-state index in [0.717, 1.165) is 25.3 Å². The van der Waals surface area contributed by atoms with Crippen LogP contribution >= 0.6 is 11.6 Å². The summed E-state index contributed by atoms with van der Waals surface area (Å²) in [7, 11) is 4.03. The van der Waals surface area contributed by atoms with Gasteiger partial charge in [0, 0.05) is 19.3 Å². The highest BCUT2D eigenvalue weighted by Crippen LogP contribution is 2.15. The third-order valence-electron chi connectivity index (χ3n) is 2.66. The average Bonchev–Trinajstić information content (AvgIpc) is 2.34. The van der Waals surface area contributed by atoms with Crippen molar-refractivity contribution >= 4 is 23.4 Å². The first-order valence-electron chi connectivity index (χ1n) is 6.22. The zero-order chi connectivity index (χ0) is 14.3. The molecule has 0 aliphatic heterocycles. The van der Waals surface area contributed by atoms with Crippen LogP contribution in [-0.2, 0) is 4.79 Å². The summed E-state index contributed by atoms with van der Waals surface area (Å²) in [6.07, 6.45) is 2.64. The molecule has 0 saturated heterocycles. The van der Waals surface area contributed by atoms with Crippen LogP contribution in [0.1, 0.15) is 12.8 Å². The zero-order valence-electron chi connectivity index (χ0n) is 11.3. The topological polar surface area (TPSA) is 56.7 Å². The number of aliphatic carboxylic acids is 1. The number of carboxylic acid groups (broad SMARTS) is 1. The van der Waals surface area contributed by atoms with Gasteiger partial charge in [0.1, 0.15) is 5.82 Å². The number of aromatic nitrogens is 1. The van der Waals surface area contributed by atoms with Crippen molar-refractivity contribution in [3.8, 4) is 0 Å². The number of carboxylic acids is 1. The van der Waals surface area contributed by atoms with Crippen LogP contribution in [0, 0.1) is 0 Å². The molecule has 1 aromatic heterocycles. The first-order valence-corrected chi connectivity index (χ1v) is 6.60. The van der Waals surface area contributed by atoms with Gasteiger partial charge in [0.05, 0.1) is 11.4 Å². The Morgan fingerprint density at radius 3 is 2.58 bits per heavy atom. The summed E-state index contributed by atoms with van der Waals surface area (Å²) < 4.78 is 0. The third kappa shape index (κ3) is 6.40. The number of hydrogen-bond donors (Lipinski definition) is 1. The highest BCUT2D eigenvalue weighted by atomic mass is 35.5. The van der Waals surface area contributed by atoms with Crippen molar-refractivity contribution in [3.05, 3.63) is 23.4 Å². The quantitative estimate of drug-likeness (QED) is 0.791. The molecule has 0 aliphatic carbocycles. The van der Waals surface area contributed by atoms with Gasteiger partial charge in [-0.1, -0.05) is 11.6 Å². The van der Waals surface area contributed by atoms with Crippen LogP contribution in [-0.4, -0.2) is 54.7 Å². The first kappa shape index (κ1) is 15.7. The second-order valence-corrected chi connectivity index (χ2v) is 5.06. The van der Waals surface area contributed by atoms with E-state index in [2.05, 4.69) is 9.88 Å². The van der Waals surface area contributed by atoms with Crippen molar-refractivity contribution in [2.24, 2.45) is 0 Å². The van der Waals surface area contributed by atoms with E-state index in [9.17, 15) is 4.79 Å². The van der Waals surface area contributed by atoms with Crippen LogP contribution in [0.2, 0.25) is 5.02 Å². The van der Waals surface area contributed by atoms with Crippen LogP contribution in [0.5, 0.6) is 0 Å². The molecule has 0 bridgehead atoms. The molecule has 0 spiro atoms. The number of halogens is 1. The Kier molecular flexibility index (Phi) is 6.59. The van der Waals surface area contributed by atoms with Crippen LogP contribution in [0.3, 0.4) is 0 Å². The highest BCUT2D eigenvalue weighted by Gasteiger charge is 2.10. The lowest BCUT2D eigenvalue weighted by Gasteiger charge is -2.23. The Balaban J connectivity index is 2.62. The van der Waals surface area contributed by atoms with Gasteiger partial charge in [0.2, 0.25) is 0 Å². The van der Waals surface area contributed by atoms with E-state index in [0.29, 0.717) is 11.6 Å². The first-order chi connectivity index (χ1) is 8.99. The summed E-state index contributed by atoms with van der Waals surface area (Å²) in [6, 6.07) is 3.59. The molecule has 5 nitrogen and oxygen atoms in total. The summed E-state index contributed by atoms with van der Waals surface area (Å²) in [5, 5.41) is 9.37. The fourth-order valence-electron chi connectivity index (χ4n) is 1.70. The summed E-state index contributed by atoms with van der Waals surface area (Å²) in [4.78, 5) is 19.0. The lowest BCUT2D eigenvalue weighted by molar-refractivity contribution is -0.136. The normalized spacial score (nSPS) is 10.7. The Morgan fingerprint density at radius 1 is 1.32 bits per heavy atom. The van der Waals surface area contributed by atoms with E-state index in [1.54, 1.807) is 12.3 Å². The summed E-state index contributed by atoms with van der Waals surface area (Å²) in [5.41, 5.74) is 0. The number of rotatable bonds is 8. The van der Waals surface area contributed by atoms with Gasteiger partial charge in [-0.3, -0.25) is 4.79 Å². The van der Waals surface area contributed by atoms with Crippen molar-refractivity contribution in [1.82, 2.24) is 9.88 Å². The maximum Gasteiger partial charge on any atom is 0.305 e. The van der Waals surface area contributed by atoms with Gasteiger partial charge in [-0.25, -0.2) is 4.98 Å². The standard InChI is InChI=1S/C13H20ClN3O2/c1-16(2)7-3-8-17(9-6-13(18)19)12-5-4-11(14)10-15-12/h4-5,10H,3,6-9H2,1-2H3,(H,18,19). The van der Waals surface area contributed by atoms with Crippen molar-refractivity contribution in [2.75, 3.05) is 38.6 Å². The van der Waals surface area contributed by atoms with Crippen LogP contribution in [0.25, 0.3) is 0 Å². The zero-order valence-corrected chi connectivity index (χ0v) is 12.1. The molecule has 0 saturated carbocycles. The summed E-state index contributed by atoms with van der Waals surface area (Å²) in [5.74, 6) is -0.0315. The Hall–Kier alpha value is -1.33. The number of nitrogens with zero attached hydrogens (tertiary/aromatic N) is 3. The van der Waals surface area contributed by atoms with Crippen molar-refractivity contribution in [3.63, 3.8) is 0 Å². The molecule has 106 valence electrons. The number of carbonyl (C=O) groups is 1. The second-order valence-electron chi connectivity index (χ2n) is 4.62. The molecule has 1 heterocycles. The van der Waals surface area contributed by atoms with Gasteiger partial charge >= 0.3 is 5.97 Å². The minimum atomic E-state index is -0.799. The van der Waals surface area contributed by atoms with Gasteiger partial charge in [-0.2, -0.15) is 0 Å². The smallest absolute Gasteiger partial charge is 0.305 e. The van der Waals surface area contributed by atoms with Gasteiger partial charge in [-0.05, 0) is 39.2 Å². The Morgan fingerprint density at radius 2 is 2.05 bits per heavy atom. The van der Waals surface area contributed by atoms with Gasteiger partial charge in [0.15, 0.2) is 0 Å². The molecule has 0 aromatic carbocycles. The van der Waals surface area contributed by atoms with E-state index >= 15 is 0 Å². The molecule has 6 heteroatoms. The SMILES string of the molecule is CN(C)CCCN(CCC(=O)O)c1ccc(Cl)cn1. The number of hydrogen-bond acceptors (Lipinski definition) is 4. The molecule has 19 heavy (non-hydrogen) atoms. The van der Waals surface area contributed by atoms with Crippen molar-refractivity contribution in [1.29, 1.82) is 0 Å². The van der Waals surface area contributed by atoms with Gasteiger partial charge < -0.3 is 14.9 Å². The molecule has 0 unspecified atom stereocenters. The fourth-order valence-corrected chi connectivity index (χ4v) is 1.82. The Labute approximate surface area is 118 Å². The Bertz CT molecular complexity index is 395. The van der Waals surface area contributed by atoms with Crippen molar-refractivity contribution in [2.45, 2.75) is 12.8 Å². The van der Waals surface area contributed by atoms with Crippen LogP contribution in [0.4, 0.5) is 5.82 Å². The van der Waals surface area contributed by atoms with E-state index in [1.165, 1.54) is 0 Å². The molecule has 1 aromatic rings. The van der Waals surface area contributed by atoms with E-state index < -0.39 is 5.97 Å². The highest BCUT2D eigenvalue weighted by molar-refractivity contribution is 6.30. The molecular formula is C13H20ClN3O2. The predicted molar refractivity (Wildman–Crippen MR) is 76.9 cm³/mol. The van der Waals surface area contributed by atoms with Crippen LogP contribution in [0.15, 0.2) is 18.3 Å². The minimum absolute atomic E-state index is 0.103. The molecule has 1 rings (SSSR count). The lowest BCUT2D eigenvalue weighted by atomic mass is 10.3. The maximum atomic E-state index is 10.7. The monoisotopic (exact) mass is 285 g/mol. The third-order valence-corrected chi connectivity index (χ3v) is 2.89. The number of anilines is 1. The van der Waals surface area contributed by atoms with Gasteiger partial charge in [0.25, 0.3) is 0 Å². The van der Waals surface area contributed by atoms with E-state index in [1.807, 2.05) is 25.1 Å². The number of pyridine rings is 1. The molecule has 0 aliphatic rings. The lowest BCUT2D eigenvalue weighted by Crippen LogP contribution is -2.30. The van der Waals surface area contributed by atoms with Gasteiger partial charge in [-0.15, -0.1) is 0 Å². The minimum Gasteiger partial charge on any atom is -0.481 e. The second kappa shape index (κ2) is 7.96. The molecular weight excluding hydrogens is 266 g/mol. The molecule has 1 N–H and O–H groups in total. The molecule has 0 atom stereocenters. The van der Waals surface area contributed by atoms with E-state index in [-0.39, 0.29) is 6.42 Å². The maximum absolute atomic E-state index is 10.7.